The molecule has 1 aliphatic carbocycles. The van der Waals surface area contributed by atoms with E-state index in [9.17, 15) is 9.59 Å². The second kappa shape index (κ2) is 7.74. The predicted octanol–water partition coefficient (Wildman–Crippen LogP) is 4.70. The first-order valence-electron chi connectivity index (χ1n) is 9.95. The number of aryl methyl sites for hydroxylation is 2. The monoisotopic (exact) mass is 392 g/mol. The Hall–Kier alpha value is -3.08. The van der Waals surface area contributed by atoms with Gasteiger partial charge in [0.25, 0.3) is 0 Å². The second-order valence-corrected chi connectivity index (χ2v) is 7.79. The number of benzene rings is 2. The van der Waals surface area contributed by atoms with Crippen molar-refractivity contribution >= 4 is 16.9 Å². The van der Waals surface area contributed by atoms with Crippen molar-refractivity contribution in [2.24, 2.45) is 0 Å². The highest BCUT2D eigenvalue weighted by molar-refractivity contribution is 5.83. The van der Waals surface area contributed by atoms with Crippen LogP contribution in [-0.4, -0.2) is 12.6 Å². The summed E-state index contributed by atoms with van der Waals surface area (Å²) in [6, 6.07) is 11.0. The molecule has 0 bridgehead atoms. The lowest BCUT2D eigenvalue weighted by atomic mass is 9.98. The van der Waals surface area contributed by atoms with Crippen LogP contribution in [0, 0.1) is 6.92 Å². The van der Waals surface area contributed by atoms with E-state index in [4.69, 9.17) is 13.9 Å². The Kier molecular flexibility index (Phi) is 5.14. The van der Waals surface area contributed by atoms with Crippen LogP contribution in [0.25, 0.3) is 11.0 Å². The first-order chi connectivity index (χ1) is 13.9. The van der Waals surface area contributed by atoms with Gasteiger partial charge in [-0.3, -0.25) is 0 Å². The molecule has 0 atom stereocenters. The zero-order valence-electron chi connectivity index (χ0n) is 16.9. The maximum Gasteiger partial charge on any atom is 0.349 e. The van der Waals surface area contributed by atoms with E-state index in [0.29, 0.717) is 23.0 Å². The lowest BCUT2D eigenvalue weighted by molar-refractivity contribution is -0.136. The molecule has 29 heavy (non-hydrogen) atoms. The Labute approximate surface area is 169 Å². The first kappa shape index (κ1) is 19.2. The van der Waals surface area contributed by atoms with Crippen LogP contribution in [-0.2, 0) is 17.6 Å². The van der Waals surface area contributed by atoms with Crippen LogP contribution in [0.3, 0.4) is 0 Å². The molecule has 0 spiro atoms. The molecule has 0 radical (unpaired) electrons. The maximum absolute atomic E-state index is 12.2. The van der Waals surface area contributed by atoms with Gasteiger partial charge in [-0.25, -0.2) is 9.59 Å². The minimum absolute atomic E-state index is 0.230. The fourth-order valence-electron chi connectivity index (χ4n) is 4.02. The number of carbonyl (C=O) groups excluding carboxylic acids is 1. The molecule has 3 aromatic rings. The number of esters is 1. The van der Waals surface area contributed by atoms with Crippen LogP contribution < -0.4 is 15.1 Å². The molecule has 0 amide bonds. The molecule has 0 saturated carbocycles. The number of rotatable bonds is 5. The molecule has 0 aliphatic heterocycles. The van der Waals surface area contributed by atoms with E-state index in [2.05, 4.69) is 13.8 Å². The van der Waals surface area contributed by atoms with Gasteiger partial charge in [0.05, 0.1) is 0 Å². The van der Waals surface area contributed by atoms with E-state index >= 15 is 0 Å². The number of fused-ring (bicyclic) bond motifs is 3. The van der Waals surface area contributed by atoms with Crippen molar-refractivity contribution in [3.05, 3.63) is 69.1 Å². The zero-order valence-corrected chi connectivity index (χ0v) is 16.9. The quantitative estimate of drug-likeness (QED) is 0.358. The molecule has 1 aliphatic rings. The summed E-state index contributed by atoms with van der Waals surface area (Å²) in [4.78, 5) is 24.3. The molecule has 0 fully saturated rings. The minimum Gasteiger partial charge on any atom is -0.482 e. The highest BCUT2D eigenvalue weighted by Gasteiger charge is 2.19. The van der Waals surface area contributed by atoms with E-state index in [-0.39, 0.29) is 12.2 Å². The molecular formula is C24H24O5. The van der Waals surface area contributed by atoms with Crippen molar-refractivity contribution in [3.8, 4) is 11.5 Å². The normalized spacial score (nSPS) is 13.0. The summed E-state index contributed by atoms with van der Waals surface area (Å²) in [6.45, 7) is 6.03. The third kappa shape index (κ3) is 3.90. The Bertz CT molecular complexity index is 1140. The van der Waals surface area contributed by atoms with Gasteiger partial charge in [0.2, 0.25) is 0 Å². The Morgan fingerprint density at radius 1 is 1.07 bits per heavy atom. The SMILES string of the molecule is Cc1cc(OC(=O)COc2ccc3c4c(c(=O)oc3c2)CCC4)ccc1C(C)C. The summed E-state index contributed by atoms with van der Waals surface area (Å²) >= 11 is 0. The van der Waals surface area contributed by atoms with E-state index in [1.807, 2.05) is 25.1 Å². The largest absolute Gasteiger partial charge is 0.482 e. The van der Waals surface area contributed by atoms with Gasteiger partial charge >= 0.3 is 11.6 Å². The van der Waals surface area contributed by atoms with Gasteiger partial charge in [-0.1, -0.05) is 19.9 Å². The van der Waals surface area contributed by atoms with Gasteiger partial charge in [-0.2, -0.15) is 0 Å². The third-order valence-corrected chi connectivity index (χ3v) is 5.40. The molecule has 150 valence electrons. The van der Waals surface area contributed by atoms with Crippen molar-refractivity contribution < 1.29 is 18.7 Å². The third-order valence-electron chi connectivity index (χ3n) is 5.40. The molecule has 1 aromatic heterocycles. The van der Waals surface area contributed by atoms with Gasteiger partial charge in [0.15, 0.2) is 6.61 Å². The average Bonchev–Trinajstić information content (AvgIpc) is 3.17. The lowest BCUT2D eigenvalue weighted by Gasteiger charge is -2.12. The molecular weight excluding hydrogens is 368 g/mol. The molecule has 0 N–H and O–H groups in total. The van der Waals surface area contributed by atoms with Crippen molar-refractivity contribution in [1.29, 1.82) is 0 Å². The second-order valence-electron chi connectivity index (χ2n) is 7.79. The van der Waals surface area contributed by atoms with Gasteiger partial charge in [-0.15, -0.1) is 0 Å². The van der Waals surface area contributed by atoms with Gasteiger partial charge in [0.1, 0.15) is 17.1 Å². The number of hydrogen-bond acceptors (Lipinski definition) is 5. The molecule has 4 rings (SSSR count). The topological polar surface area (TPSA) is 65.7 Å². The van der Waals surface area contributed by atoms with Crippen LogP contribution in [0.15, 0.2) is 45.6 Å². The molecule has 5 nitrogen and oxygen atoms in total. The smallest absolute Gasteiger partial charge is 0.349 e. The minimum atomic E-state index is -0.489. The number of ether oxygens (including phenoxy) is 2. The molecule has 0 saturated heterocycles. The van der Waals surface area contributed by atoms with Crippen molar-refractivity contribution in [2.45, 2.75) is 46.0 Å². The van der Waals surface area contributed by atoms with Crippen molar-refractivity contribution in [1.82, 2.24) is 0 Å². The summed E-state index contributed by atoms with van der Waals surface area (Å²) in [5.41, 5.74) is 4.38. The summed E-state index contributed by atoms with van der Waals surface area (Å²) < 4.78 is 16.4. The number of hydrogen-bond donors (Lipinski definition) is 0. The van der Waals surface area contributed by atoms with Crippen molar-refractivity contribution in [2.75, 3.05) is 6.61 Å². The highest BCUT2D eigenvalue weighted by atomic mass is 16.6. The average molecular weight is 392 g/mol. The first-order valence-corrected chi connectivity index (χ1v) is 9.95. The molecule has 0 unspecified atom stereocenters. The van der Waals surface area contributed by atoms with E-state index in [1.54, 1.807) is 18.2 Å². The standard InChI is InChI=1S/C24H24O5/c1-14(2)18-9-8-17(11-15(18)3)28-23(25)13-27-16-7-10-20-19-5-4-6-21(19)24(26)29-22(20)12-16/h7-12,14H,4-6,13H2,1-3H3. The summed E-state index contributed by atoms with van der Waals surface area (Å²) in [6.07, 6.45) is 2.63. The molecule has 1 heterocycles. The zero-order chi connectivity index (χ0) is 20.5. The van der Waals surface area contributed by atoms with Crippen LogP contribution in [0.1, 0.15) is 48.4 Å². The van der Waals surface area contributed by atoms with E-state index in [1.165, 1.54) is 5.56 Å². The van der Waals surface area contributed by atoms with Crippen LogP contribution >= 0.6 is 0 Å². The van der Waals surface area contributed by atoms with Gasteiger partial charge < -0.3 is 13.9 Å². The summed E-state index contributed by atoms with van der Waals surface area (Å²) in [5, 5.41) is 0.938. The number of carbonyl (C=O) groups is 1. The molecule has 2 aromatic carbocycles. The maximum atomic E-state index is 12.2. The van der Waals surface area contributed by atoms with Crippen LogP contribution in [0.5, 0.6) is 11.5 Å². The van der Waals surface area contributed by atoms with Crippen LogP contribution in [0.4, 0.5) is 0 Å². The summed E-state index contributed by atoms with van der Waals surface area (Å²) in [5.74, 6) is 0.886. The summed E-state index contributed by atoms with van der Waals surface area (Å²) in [7, 11) is 0. The van der Waals surface area contributed by atoms with Gasteiger partial charge in [-0.05, 0) is 73.1 Å². The van der Waals surface area contributed by atoms with E-state index < -0.39 is 5.97 Å². The fourth-order valence-corrected chi connectivity index (χ4v) is 4.02. The van der Waals surface area contributed by atoms with E-state index in [0.717, 1.165) is 41.3 Å². The Balaban J connectivity index is 1.44. The predicted molar refractivity (Wildman–Crippen MR) is 111 cm³/mol. The fraction of sp³-hybridized carbons (Fsp3) is 0.333. The Morgan fingerprint density at radius 3 is 2.59 bits per heavy atom. The van der Waals surface area contributed by atoms with Crippen LogP contribution in [0.2, 0.25) is 0 Å². The lowest BCUT2D eigenvalue weighted by Crippen LogP contribution is -2.17. The van der Waals surface area contributed by atoms with Gasteiger partial charge in [0, 0.05) is 17.0 Å². The highest BCUT2D eigenvalue weighted by Crippen LogP contribution is 2.29. The molecule has 5 heteroatoms. The Morgan fingerprint density at radius 2 is 1.83 bits per heavy atom. The van der Waals surface area contributed by atoms with Crippen molar-refractivity contribution in [3.63, 3.8) is 0 Å².